The molecule has 78 heavy (non-hydrogen) atoms. The molecule has 4 aliphatic heterocycles. The molecule has 30 heteroatoms. The number of hydrogen-bond acceptors (Lipinski definition) is 30. The van der Waals surface area contributed by atoms with Crippen LogP contribution in [0.3, 0.4) is 0 Å². The first-order valence-corrected chi connectivity index (χ1v) is 21.6. The van der Waals surface area contributed by atoms with Gasteiger partial charge in [-0.25, -0.2) is 28.8 Å². The summed E-state index contributed by atoms with van der Waals surface area (Å²) >= 11 is 0. The molecular formula is C48H30O30. The normalized spacial score (nSPS) is 19.4. The number of aromatic hydroxyl groups is 16. The van der Waals surface area contributed by atoms with Crippen LogP contribution in [-0.4, -0.2) is 155 Å². The van der Waals surface area contributed by atoms with Crippen LogP contribution < -0.4 is 9.47 Å². The van der Waals surface area contributed by atoms with Crippen molar-refractivity contribution < 1.29 is 148 Å². The third-order valence-corrected chi connectivity index (χ3v) is 12.4. The molecular weight excluding hydrogens is 1060 g/mol. The molecule has 4 heterocycles. The van der Waals surface area contributed by atoms with Crippen LogP contribution in [-0.2, 0) is 28.4 Å². The van der Waals surface area contributed by atoms with Gasteiger partial charge in [0.2, 0.25) is 46.9 Å². The number of carbonyl (C=O) groups excluding carboxylic acids is 6. The van der Waals surface area contributed by atoms with Gasteiger partial charge in [0.25, 0.3) is 0 Å². The number of esters is 6. The van der Waals surface area contributed by atoms with Crippen LogP contribution in [0.4, 0.5) is 0 Å². The molecule has 0 aliphatic carbocycles. The van der Waals surface area contributed by atoms with Crippen LogP contribution in [0.15, 0.2) is 42.5 Å². The quantitative estimate of drug-likeness (QED) is 0.0513. The first-order chi connectivity index (χ1) is 36.8. The van der Waals surface area contributed by atoms with Crippen molar-refractivity contribution in [2.75, 3.05) is 6.61 Å². The molecule has 7 bridgehead atoms. The van der Waals surface area contributed by atoms with E-state index in [9.17, 15) is 106 Å². The van der Waals surface area contributed by atoms with Gasteiger partial charge in [0, 0.05) is 40.5 Å². The van der Waals surface area contributed by atoms with Gasteiger partial charge in [-0.3, -0.25) is 0 Å². The second kappa shape index (κ2) is 17.7. The standard InChI is InChI=1S/C48H30O30/c49-15-1-9(2-16(50)27(15)54)42(65)78-48-41-40-39-22(74-48)8-71-43(66)12-6-20(31(58)35(62)25(12)23-10(44(67)75-39)3-17(51)28(55)33(23)60)72-38-14(5-19(53)30(57)37(38)64)47(70)73-21-7-13(46(69)76-40)26(36(63)32(21)59)24-11(45(68)77-41)4-18(52)29(56)34(24)61/h1-7,22,39-41,48-64H,8H2/t22-,39-,40+,41-,48+/m1/s1. The highest BCUT2D eigenvalue weighted by Gasteiger charge is 2.56. The smallest absolute Gasteiger partial charge is 0.347 e. The molecule has 10 rings (SSSR count). The molecule has 16 N–H and O–H groups in total. The number of carbonyl (C=O) groups is 6. The van der Waals surface area contributed by atoms with E-state index in [1.807, 2.05) is 0 Å². The molecule has 4 aliphatic rings. The molecule has 5 atom stereocenters. The van der Waals surface area contributed by atoms with Crippen LogP contribution in [0.2, 0.25) is 0 Å². The average molecular weight is 1090 g/mol. The molecule has 1 fully saturated rings. The summed E-state index contributed by atoms with van der Waals surface area (Å²) in [6.07, 6.45) is -12.6. The molecule has 1 saturated heterocycles. The van der Waals surface area contributed by atoms with Crippen molar-refractivity contribution in [2.24, 2.45) is 0 Å². The highest BCUT2D eigenvalue weighted by atomic mass is 16.7. The van der Waals surface area contributed by atoms with Crippen LogP contribution >= 0.6 is 0 Å². The van der Waals surface area contributed by atoms with Gasteiger partial charge < -0.3 is 120 Å². The Morgan fingerprint density at radius 2 is 0.795 bits per heavy atom. The van der Waals surface area contributed by atoms with Crippen LogP contribution in [0, 0.1) is 0 Å². The van der Waals surface area contributed by atoms with Crippen molar-refractivity contribution in [3.63, 3.8) is 0 Å². The molecule has 30 nitrogen and oxygen atoms in total. The number of phenols is 16. The summed E-state index contributed by atoms with van der Waals surface area (Å²) in [4.78, 5) is 87.1. The highest BCUT2D eigenvalue weighted by Crippen LogP contribution is 2.57. The van der Waals surface area contributed by atoms with Crippen LogP contribution in [0.1, 0.15) is 62.1 Å². The van der Waals surface area contributed by atoms with Gasteiger partial charge in [-0.15, -0.1) is 0 Å². The molecule has 0 unspecified atom stereocenters. The lowest BCUT2D eigenvalue weighted by Gasteiger charge is -2.44. The summed E-state index contributed by atoms with van der Waals surface area (Å²) in [5, 5.41) is 175. The average Bonchev–Trinajstić information content (AvgIpc) is 3.54. The van der Waals surface area contributed by atoms with Gasteiger partial charge in [0.15, 0.2) is 87.0 Å². The van der Waals surface area contributed by atoms with Gasteiger partial charge in [-0.05, 0) is 24.3 Å². The van der Waals surface area contributed by atoms with Crippen molar-refractivity contribution >= 4 is 35.8 Å². The lowest BCUT2D eigenvalue weighted by Crippen LogP contribution is -2.63. The fourth-order valence-electron chi connectivity index (χ4n) is 8.72. The van der Waals surface area contributed by atoms with Gasteiger partial charge >= 0.3 is 35.8 Å². The Morgan fingerprint density at radius 3 is 1.31 bits per heavy atom. The molecule has 0 amide bonds. The molecule has 0 aromatic heterocycles. The Hall–Kier alpha value is -11.3. The zero-order chi connectivity index (χ0) is 56.4. The Kier molecular flexibility index (Phi) is 11.4. The van der Waals surface area contributed by atoms with Crippen molar-refractivity contribution in [1.29, 1.82) is 0 Å². The minimum absolute atomic E-state index is 0.329. The number of ether oxygens (including phenoxy) is 8. The topological polar surface area (TPSA) is 500 Å². The summed E-state index contributed by atoms with van der Waals surface area (Å²) in [5.41, 5.74) is -11.6. The number of fused-ring (bicyclic) bond motifs is 10. The van der Waals surface area contributed by atoms with Crippen molar-refractivity contribution in [3.05, 3.63) is 75.8 Å². The van der Waals surface area contributed by atoms with Gasteiger partial charge in [-0.2, -0.15) is 0 Å². The van der Waals surface area contributed by atoms with Crippen LogP contribution in [0.25, 0.3) is 22.3 Å². The summed E-state index contributed by atoms with van der Waals surface area (Å²) in [6.45, 7) is -1.35. The molecule has 0 spiro atoms. The van der Waals surface area contributed by atoms with E-state index in [0.717, 1.165) is 0 Å². The van der Waals surface area contributed by atoms with Crippen molar-refractivity contribution in [2.45, 2.75) is 30.7 Å². The SMILES string of the molecule is O=C(O[C@@H]1O[C@@H]2COC(=O)c3cc4c(O)c(O)c3-c3c(cc(O)c(O)c3O)C(=O)O[C@H]2[C@@H]2OC(=O)c3cc(c(O)c(O)c3-c3c(cc(O)c(O)c3O)C(=O)O[C@@H]12)OC(=O)c1cc(O)c(O)c(O)c1O4)c1cc(O)c(O)c(O)c1. The Morgan fingerprint density at radius 1 is 0.397 bits per heavy atom. The van der Waals surface area contributed by atoms with Gasteiger partial charge in [-0.1, -0.05) is 0 Å². The highest BCUT2D eigenvalue weighted by molar-refractivity contribution is 6.11. The van der Waals surface area contributed by atoms with E-state index in [1.165, 1.54) is 0 Å². The minimum atomic E-state index is -2.63. The van der Waals surface area contributed by atoms with E-state index >= 15 is 4.79 Å². The number of rotatable bonds is 2. The predicted octanol–water partition coefficient (Wildman–Crippen LogP) is 2.68. The number of phenolic OH excluding ortho intramolecular Hbond substituents is 16. The lowest BCUT2D eigenvalue weighted by molar-refractivity contribution is -0.282. The Bertz CT molecular complexity index is 3720. The van der Waals surface area contributed by atoms with Gasteiger partial charge in [0.05, 0.1) is 27.8 Å². The third kappa shape index (κ3) is 7.61. The lowest BCUT2D eigenvalue weighted by atomic mass is 9.90. The van der Waals surface area contributed by atoms with E-state index in [1.54, 1.807) is 0 Å². The fraction of sp³-hybridized carbons (Fsp3) is 0.125. The van der Waals surface area contributed by atoms with E-state index < -0.39 is 238 Å². The van der Waals surface area contributed by atoms with E-state index in [2.05, 4.69) is 0 Å². The van der Waals surface area contributed by atoms with Crippen molar-refractivity contribution in [1.82, 2.24) is 0 Å². The predicted molar refractivity (Wildman–Crippen MR) is 240 cm³/mol. The molecule has 6 aromatic rings. The van der Waals surface area contributed by atoms with Crippen molar-refractivity contribution in [3.8, 4) is 131 Å². The van der Waals surface area contributed by atoms with Gasteiger partial charge in [0.1, 0.15) is 18.3 Å². The molecule has 0 radical (unpaired) electrons. The second-order valence-corrected chi connectivity index (χ2v) is 17.0. The zero-order valence-electron chi connectivity index (χ0n) is 38.0. The first kappa shape index (κ1) is 50.2. The Labute approximate surface area is 428 Å². The van der Waals surface area contributed by atoms with E-state index in [0.29, 0.717) is 42.5 Å². The third-order valence-electron chi connectivity index (χ3n) is 12.4. The maximum Gasteiger partial charge on any atom is 0.347 e. The maximum atomic E-state index is 15.0. The maximum absolute atomic E-state index is 15.0. The minimum Gasteiger partial charge on any atom is -0.504 e. The molecule has 402 valence electrons. The summed E-state index contributed by atoms with van der Waals surface area (Å²) in [5.74, 6) is -37.7. The number of hydrogen-bond donors (Lipinski definition) is 16. The molecule has 6 aromatic carbocycles. The first-order valence-electron chi connectivity index (χ1n) is 21.6. The number of benzene rings is 6. The summed E-state index contributed by atoms with van der Waals surface area (Å²) in [7, 11) is 0. The summed E-state index contributed by atoms with van der Waals surface area (Å²) < 4.78 is 45.1. The largest absolute Gasteiger partial charge is 0.504 e. The van der Waals surface area contributed by atoms with Crippen LogP contribution in [0.5, 0.6) is 109 Å². The van der Waals surface area contributed by atoms with E-state index in [-0.39, 0.29) is 0 Å². The van der Waals surface area contributed by atoms with E-state index in [4.69, 9.17) is 37.9 Å². The zero-order valence-corrected chi connectivity index (χ0v) is 38.0. The second-order valence-electron chi connectivity index (χ2n) is 17.0. The summed E-state index contributed by atoms with van der Waals surface area (Å²) in [6, 6.07) is 2.90. The monoisotopic (exact) mass is 1090 g/mol. The Balaban J connectivity index is 1.31. The fourth-order valence-corrected chi connectivity index (χ4v) is 8.72. The molecule has 0 saturated carbocycles.